The summed E-state index contributed by atoms with van der Waals surface area (Å²) in [7, 11) is 4.01. The zero-order valence-corrected chi connectivity index (χ0v) is 14.3. The molecule has 2 rings (SSSR count). The number of benzene rings is 1. The van der Waals surface area contributed by atoms with E-state index in [-0.39, 0.29) is 18.1 Å². The number of rotatable bonds is 7. The van der Waals surface area contributed by atoms with Crippen LogP contribution in [0.5, 0.6) is 0 Å². The molecular weight excluding hydrogens is 323 g/mol. The number of fused-ring (bicyclic) bond motifs is 1. The highest BCUT2D eigenvalue weighted by molar-refractivity contribution is 6.37. The summed E-state index contributed by atoms with van der Waals surface area (Å²) in [5.41, 5.74) is 1.20. The summed E-state index contributed by atoms with van der Waals surface area (Å²) in [6.45, 7) is 0.960. The number of nitrogens with zero attached hydrogens (tertiary/aromatic N) is 1. The number of ketones is 1. The first-order valence-electron chi connectivity index (χ1n) is 7.35. The summed E-state index contributed by atoms with van der Waals surface area (Å²) in [6.07, 6.45) is 2.48. The summed E-state index contributed by atoms with van der Waals surface area (Å²) in [5.74, 6) is -0.642. The molecule has 1 aromatic rings. The van der Waals surface area contributed by atoms with Crippen LogP contribution < -0.4 is 5.32 Å². The van der Waals surface area contributed by atoms with Crippen molar-refractivity contribution in [3.05, 3.63) is 27.7 Å². The van der Waals surface area contributed by atoms with Crippen LogP contribution in [0.4, 0.5) is 5.69 Å². The fourth-order valence-electron chi connectivity index (χ4n) is 2.65. The van der Waals surface area contributed by atoms with Crippen molar-refractivity contribution >= 4 is 40.6 Å². The predicted molar refractivity (Wildman–Crippen MR) is 89.9 cm³/mol. The monoisotopic (exact) mass is 342 g/mol. The number of nitrogens with one attached hydrogen (secondary N) is 1. The number of hydrogen-bond donors (Lipinski definition) is 1. The molecule has 1 unspecified atom stereocenters. The minimum atomic E-state index is -0.525. The van der Waals surface area contributed by atoms with Crippen LogP contribution in [0.2, 0.25) is 10.0 Å². The molecule has 1 atom stereocenters. The maximum atomic E-state index is 12.1. The van der Waals surface area contributed by atoms with Gasteiger partial charge in [-0.25, -0.2) is 0 Å². The van der Waals surface area contributed by atoms with Crippen LogP contribution in [-0.2, 0) is 9.59 Å². The van der Waals surface area contributed by atoms with Gasteiger partial charge in [0.1, 0.15) is 5.78 Å². The van der Waals surface area contributed by atoms with E-state index >= 15 is 0 Å². The lowest BCUT2D eigenvalue weighted by molar-refractivity contribution is -0.123. The maximum absolute atomic E-state index is 12.1. The van der Waals surface area contributed by atoms with E-state index in [0.29, 0.717) is 27.7 Å². The molecular formula is C16H20Cl2N2O2. The van der Waals surface area contributed by atoms with E-state index in [1.54, 1.807) is 12.1 Å². The molecule has 0 aromatic heterocycles. The standard InChI is InChI=1S/C16H20Cl2N2O2/c1-20(2)8-4-3-5-10(21)9-11-14-12(17)6-7-13(18)15(14)19-16(11)22/h6-7,11H,3-5,8-9H2,1-2H3,(H,19,22). The van der Waals surface area contributed by atoms with Gasteiger partial charge in [-0.15, -0.1) is 0 Å². The molecule has 0 bridgehead atoms. The van der Waals surface area contributed by atoms with Gasteiger partial charge in [0.25, 0.3) is 0 Å². The number of carbonyl (C=O) groups is 2. The molecule has 0 aliphatic carbocycles. The fourth-order valence-corrected chi connectivity index (χ4v) is 3.15. The second kappa shape index (κ2) is 7.44. The van der Waals surface area contributed by atoms with E-state index in [4.69, 9.17) is 23.2 Å². The Kier molecular flexibility index (Phi) is 5.84. The molecule has 1 aromatic carbocycles. The fraction of sp³-hybridized carbons (Fsp3) is 0.500. The molecule has 4 nitrogen and oxygen atoms in total. The van der Waals surface area contributed by atoms with Crippen molar-refractivity contribution in [2.24, 2.45) is 0 Å². The van der Waals surface area contributed by atoms with Crippen molar-refractivity contribution in [2.45, 2.75) is 31.6 Å². The lowest BCUT2D eigenvalue weighted by Crippen LogP contribution is -2.16. The predicted octanol–water partition coefficient (Wildman–Crippen LogP) is 3.72. The zero-order chi connectivity index (χ0) is 16.3. The van der Waals surface area contributed by atoms with Crippen LogP contribution in [0.3, 0.4) is 0 Å². The summed E-state index contributed by atoms with van der Waals surface area (Å²) in [4.78, 5) is 26.3. The molecule has 1 N–H and O–H groups in total. The van der Waals surface area contributed by atoms with Gasteiger partial charge in [0.15, 0.2) is 0 Å². The van der Waals surface area contributed by atoms with Gasteiger partial charge < -0.3 is 10.2 Å². The molecule has 6 heteroatoms. The van der Waals surface area contributed by atoms with Gasteiger partial charge in [-0.1, -0.05) is 23.2 Å². The summed E-state index contributed by atoms with van der Waals surface area (Å²) in [5, 5.41) is 3.66. The van der Waals surface area contributed by atoms with Gasteiger partial charge in [0, 0.05) is 23.4 Å². The Labute approximate surface area is 140 Å². The first kappa shape index (κ1) is 17.3. The second-order valence-electron chi connectivity index (χ2n) is 5.86. The van der Waals surface area contributed by atoms with Gasteiger partial charge in [0.2, 0.25) is 5.91 Å². The average Bonchev–Trinajstić information content (AvgIpc) is 2.77. The van der Waals surface area contributed by atoms with Gasteiger partial charge in [-0.2, -0.15) is 0 Å². The highest BCUT2D eigenvalue weighted by Gasteiger charge is 2.35. The molecule has 1 aliphatic rings. The number of halogens is 2. The Hall–Kier alpha value is -1.10. The maximum Gasteiger partial charge on any atom is 0.232 e. The summed E-state index contributed by atoms with van der Waals surface area (Å²) in [6, 6.07) is 3.31. The average molecular weight is 343 g/mol. The molecule has 1 heterocycles. The Morgan fingerprint density at radius 2 is 1.91 bits per heavy atom. The van der Waals surface area contributed by atoms with Crippen LogP contribution >= 0.6 is 23.2 Å². The number of hydrogen-bond acceptors (Lipinski definition) is 3. The number of carbonyl (C=O) groups excluding carboxylic acids is 2. The number of anilines is 1. The lowest BCUT2D eigenvalue weighted by Gasteiger charge is -2.11. The number of unbranched alkanes of at least 4 members (excludes halogenated alkanes) is 1. The molecule has 1 amide bonds. The first-order valence-corrected chi connectivity index (χ1v) is 8.11. The van der Waals surface area contributed by atoms with E-state index in [1.165, 1.54) is 0 Å². The van der Waals surface area contributed by atoms with Crippen molar-refractivity contribution < 1.29 is 9.59 Å². The van der Waals surface area contributed by atoms with Crippen molar-refractivity contribution in [3.8, 4) is 0 Å². The quantitative estimate of drug-likeness (QED) is 0.768. The van der Waals surface area contributed by atoms with Crippen LogP contribution in [0.25, 0.3) is 0 Å². The Morgan fingerprint density at radius 3 is 2.59 bits per heavy atom. The number of amides is 1. The third-order valence-corrected chi connectivity index (χ3v) is 4.44. The van der Waals surface area contributed by atoms with E-state index in [0.717, 1.165) is 19.4 Å². The first-order chi connectivity index (χ1) is 10.4. The van der Waals surface area contributed by atoms with Gasteiger partial charge >= 0.3 is 0 Å². The Bertz CT molecular complexity index is 588. The third kappa shape index (κ3) is 4.00. The van der Waals surface area contributed by atoms with Crippen LogP contribution in [0.15, 0.2) is 12.1 Å². The van der Waals surface area contributed by atoms with Crippen LogP contribution in [0.1, 0.15) is 37.2 Å². The molecule has 0 saturated carbocycles. The van der Waals surface area contributed by atoms with Crippen molar-refractivity contribution in [1.82, 2.24) is 4.90 Å². The van der Waals surface area contributed by atoms with Gasteiger partial charge in [0.05, 0.1) is 16.6 Å². The molecule has 22 heavy (non-hydrogen) atoms. The molecule has 120 valence electrons. The topological polar surface area (TPSA) is 49.4 Å². The summed E-state index contributed by atoms with van der Waals surface area (Å²) >= 11 is 12.3. The van der Waals surface area contributed by atoms with E-state index in [2.05, 4.69) is 10.2 Å². The minimum Gasteiger partial charge on any atom is -0.324 e. The highest BCUT2D eigenvalue weighted by atomic mass is 35.5. The van der Waals surface area contributed by atoms with Crippen LogP contribution in [0, 0.1) is 0 Å². The van der Waals surface area contributed by atoms with Gasteiger partial charge in [-0.3, -0.25) is 9.59 Å². The molecule has 0 radical (unpaired) electrons. The highest BCUT2D eigenvalue weighted by Crippen LogP contribution is 2.43. The Morgan fingerprint density at radius 1 is 1.23 bits per heavy atom. The Balaban J connectivity index is 1.98. The second-order valence-corrected chi connectivity index (χ2v) is 6.68. The van der Waals surface area contributed by atoms with Crippen molar-refractivity contribution in [2.75, 3.05) is 26.0 Å². The third-order valence-electron chi connectivity index (χ3n) is 3.80. The largest absolute Gasteiger partial charge is 0.324 e. The molecule has 0 spiro atoms. The molecule has 0 fully saturated rings. The van der Waals surface area contributed by atoms with Crippen molar-refractivity contribution in [3.63, 3.8) is 0 Å². The summed E-state index contributed by atoms with van der Waals surface area (Å²) < 4.78 is 0. The van der Waals surface area contributed by atoms with E-state index in [1.807, 2.05) is 14.1 Å². The lowest BCUT2D eigenvalue weighted by atomic mass is 9.93. The molecule has 0 saturated heterocycles. The smallest absolute Gasteiger partial charge is 0.232 e. The van der Waals surface area contributed by atoms with E-state index in [9.17, 15) is 9.59 Å². The van der Waals surface area contributed by atoms with Crippen LogP contribution in [-0.4, -0.2) is 37.2 Å². The molecule has 1 aliphatic heterocycles. The zero-order valence-electron chi connectivity index (χ0n) is 12.8. The van der Waals surface area contributed by atoms with Crippen molar-refractivity contribution in [1.29, 1.82) is 0 Å². The van der Waals surface area contributed by atoms with E-state index < -0.39 is 5.92 Å². The van der Waals surface area contributed by atoms with Gasteiger partial charge in [-0.05, 0) is 45.6 Å². The minimum absolute atomic E-state index is 0.0859. The number of Topliss-reactive ketones (excluding diaryl/α,β-unsaturated/α-hetero) is 1. The normalized spacial score (nSPS) is 16.8. The SMILES string of the molecule is CN(C)CCCCC(=O)CC1C(=O)Nc2c(Cl)ccc(Cl)c21.